The number of rotatable bonds is 5. The van der Waals surface area contributed by atoms with Crippen LogP contribution >= 0.6 is 0 Å². The summed E-state index contributed by atoms with van der Waals surface area (Å²) >= 11 is 0. The first-order valence-electron chi connectivity index (χ1n) is 8.60. The van der Waals surface area contributed by atoms with Crippen molar-refractivity contribution >= 4 is 11.6 Å². The molecule has 3 unspecified atom stereocenters. The molecular weight excluding hydrogens is 302 g/mol. The standard InChI is InChI=1S/C19H21N3O2/c23-18(11-15-10-13-1-2-14(15)9-13)22-16-3-5-17(6-4-16)24-19-12-20-7-8-21-19/h3-8,12-15H,1-2,9-11H2,(H,22,23). The maximum Gasteiger partial charge on any atom is 0.237 e. The van der Waals surface area contributed by atoms with Gasteiger partial charge in [0, 0.05) is 24.5 Å². The number of ether oxygens (including phenoxy) is 1. The third-order valence-corrected chi connectivity index (χ3v) is 5.23. The Balaban J connectivity index is 1.31. The molecule has 2 aliphatic carbocycles. The van der Waals surface area contributed by atoms with Crippen molar-refractivity contribution in [3.63, 3.8) is 0 Å². The van der Waals surface area contributed by atoms with E-state index >= 15 is 0 Å². The predicted octanol–water partition coefficient (Wildman–Crippen LogP) is 4.03. The highest BCUT2D eigenvalue weighted by molar-refractivity contribution is 5.90. The fraction of sp³-hybridized carbons (Fsp3) is 0.421. The number of benzene rings is 1. The average Bonchev–Trinajstić information content (AvgIpc) is 3.20. The van der Waals surface area contributed by atoms with E-state index < -0.39 is 0 Å². The van der Waals surface area contributed by atoms with Crippen molar-refractivity contribution in [3.8, 4) is 11.6 Å². The van der Waals surface area contributed by atoms with Crippen molar-refractivity contribution in [2.45, 2.75) is 32.1 Å². The molecule has 2 saturated carbocycles. The van der Waals surface area contributed by atoms with Crippen LogP contribution in [-0.4, -0.2) is 15.9 Å². The van der Waals surface area contributed by atoms with E-state index in [2.05, 4.69) is 15.3 Å². The lowest BCUT2D eigenvalue weighted by atomic mass is 9.86. The summed E-state index contributed by atoms with van der Waals surface area (Å²) in [6.45, 7) is 0. The Morgan fingerprint density at radius 2 is 2.04 bits per heavy atom. The molecule has 1 amide bonds. The second-order valence-electron chi connectivity index (χ2n) is 6.86. The summed E-state index contributed by atoms with van der Waals surface area (Å²) in [5, 5.41) is 3.00. The normalized spacial score (nSPS) is 24.8. The van der Waals surface area contributed by atoms with Gasteiger partial charge in [0.1, 0.15) is 5.75 Å². The van der Waals surface area contributed by atoms with Gasteiger partial charge < -0.3 is 10.1 Å². The SMILES string of the molecule is O=C(CC1CC2CCC1C2)Nc1ccc(Oc2cnccn2)cc1. The summed E-state index contributed by atoms with van der Waals surface area (Å²) in [6, 6.07) is 7.35. The second-order valence-corrected chi connectivity index (χ2v) is 6.86. The van der Waals surface area contributed by atoms with Gasteiger partial charge in [-0.2, -0.15) is 0 Å². The maximum atomic E-state index is 12.3. The molecule has 1 N–H and O–H groups in total. The highest BCUT2D eigenvalue weighted by Gasteiger charge is 2.40. The first-order valence-corrected chi connectivity index (χ1v) is 8.60. The molecule has 5 nitrogen and oxygen atoms in total. The Labute approximate surface area is 141 Å². The number of anilines is 1. The monoisotopic (exact) mass is 323 g/mol. The lowest BCUT2D eigenvalue weighted by Gasteiger charge is -2.20. The van der Waals surface area contributed by atoms with Crippen molar-refractivity contribution in [2.24, 2.45) is 17.8 Å². The van der Waals surface area contributed by atoms with E-state index in [-0.39, 0.29) is 5.91 Å². The first kappa shape index (κ1) is 15.1. The van der Waals surface area contributed by atoms with Gasteiger partial charge in [-0.05, 0) is 61.3 Å². The number of hydrogen-bond acceptors (Lipinski definition) is 4. The Kier molecular flexibility index (Phi) is 4.15. The Bertz CT molecular complexity index is 702. The van der Waals surface area contributed by atoms with Crippen LogP contribution in [0.2, 0.25) is 0 Å². The zero-order valence-corrected chi connectivity index (χ0v) is 13.5. The van der Waals surface area contributed by atoms with Crippen LogP contribution in [0.3, 0.4) is 0 Å². The molecule has 0 aliphatic heterocycles. The topological polar surface area (TPSA) is 64.1 Å². The van der Waals surface area contributed by atoms with Gasteiger partial charge in [0.2, 0.25) is 11.8 Å². The van der Waals surface area contributed by atoms with Crippen LogP contribution in [0.25, 0.3) is 0 Å². The summed E-state index contributed by atoms with van der Waals surface area (Å²) < 4.78 is 5.59. The lowest BCUT2D eigenvalue weighted by molar-refractivity contribution is -0.117. The zero-order chi connectivity index (χ0) is 16.4. The van der Waals surface area contributed by atoms with Gasteiger partial charge in [-0.25, -0.2) is 4.98 Å². The molecule has 4 rings (SSSR count). The maximum absolute atomic E-state index is 12.3. The summed E-state index contributed by atoms with van der Waals surface area (Å²) in [4.78, 5) is 20.3. The van der Waals surface area contributed by atoms with Crippen LogP contribution in [0, 0.1) is 17.8 Å². The van der Waals surface area contributed by atoms with Gasteiger partial charge in [0.05, 0.1) is 6.20 Å². The smallest absolute Gasteiger partial charge is 0.237 e. The number of carbonyl (C=O) groups excluding carboxylic acids is 1. The number of carbonyl (C=O) groups is 1. The molecule has 3 atom stereocenters. The van der Waals surface area contributed by atoms with Crippen LogP contribution in [0.5, 0.6) is 11.6 Å². The fourth-order valence-corrected chi connectivity index (χ4v) is 4.14. The molecule has 1 aromatic heterocycles. The molecule has 2 bridgehead atoms. The molecule has 2 fully saturated rings. The first-order chi connectivity index (χ1) is 11.8. The van der Waals surface area contributed by atoms with E-state index in [0.29, 0.717) is 24.0 Å². The van der Waals surface area contributed by atoms with Crippen molar-refractivity contribution in [1.29, 1.82) is 0 Å². The molecule has 2 aliphatic rings. The van der Waals surface area contributed by atoms with Gasteiger partial charge in [-0.15, -0.1) is 0 Å². The highest BCUT2D eigenvalue weighted by Crippen LogP contribution is 2.49. The number of amides is 1. The van der Waals surface area contributed by atoms with Crippen LogP contribution < -0.4 is 10.1 Å². The van der Waals surface area contributed by atoms with E-state index in [1.807, 2.05) is 24.3 Å². The lowest BCUT2D eigenvalue weighted by Crippen LogP contribution is -2.20. The van der Waals surface area contributed by atoms with Gasteiger partial charge in [0.25, 0.3) is 0 Å². The Morgan fingerprint density at radius 1 is 1.17 bits per heavy atom. The third kappa shape index (κ3) is 3.40. The van der Waals surface area contributed by atoms with Crippen molar-refractivity contribution < 1.29 is 9.53 Å². The van der Waals surface area contributed by atoms with E-state index in [9.17, 15) is 4.79 Å². The number of fused-ring (bicyclic) bond motifs is 2. The molecule has 124 valence electrons. The van der Waals surface area contributed by atoms with Crippen molar-refractivity contribution in [2.75, 3.05) is 5.32 Å². The summed E-state index contributed by atoms with van der Waals surface area (Å²) in [5.41, 5.74) is 0.801. The molecule has 0 radical (unpaired) electrons. The Morgan fingerprint density at radius 3 is 2.71 bits per heavy atom. The molecule has 2 aromatic rings. The molecule has 24 heavy (non-hydrogen) atoms. The van der Waals surface area contributed by atoms with Crippen LogP contribution in [0.1, 0.15) is 32.1 Å². The second kappa shape index (κ2) is 6.59. The predicted molar refractivity (Wildman–Crippen MR) is 90.7 cm³/mol. The average molecular weight is 323 g/mol. The van der Waals surface area contributed by atoms with E-state index in [1.54, 1.807) is 18.6 Å². The van der Waals surface area contributed by atoms with Gasteiger partial charge in [0.15, 0.2) is 0 Å². The molecular formula is C19H21N3O2. The van der Waals surface area contributed by atoms with Crippen molar-refractivity contribution in [3.05, 3.63) is 42.9 Å². The minimum Gasteiger partial charge on any atom is -0.438 e. The fourth-order valence-electron chi connectivity index (χ4n) is 4.14. The summed E-state index contributed by atoms with van der Waals surface area (Å²) in [6.07, 6.45) is 10.7. The molecule has 0 saturated heterocycles. The van der Waals surface area contributed by atoms with Crippen LogP contribution in [0.15, 0.2) is 42.9 Å². The molecule has 1 heterocycles. The largest absolute Gasteiger partial charge is 0.438 e. The van der Waals surface area contributed by atoms with Crippen molar-refractivity contribution in [1.82, 2.24) is 9.97 Å². The summed E-state index contributed by atoms with van der Waals surface area (Å²) in [5.74, 6) is 3.49. The molecule has 0 spiro atoms. The van der Waals surface area contributed by atoms with Gasteiger partial charge in [-0.3, -0.25) is 9.78 Å². The number of nitrogens with zero attached hydrogens (tertiary/aromatic N) is 2. The van der Waals surface area contributed by atoms with E-state index in [0.717, 1.165) is 17.5 Å². The van der Waals surface area contributed by atoms with Gasteiger partial charge >= 0.3 is 0 Å². The third-order valence-electron chi connectivity index (χ3n) is 5.23. The summed E-state index contributed by atoms with van der Waals surface area (Å²) in [7, 11) is 0. The number of nitrogens with one attached hydrogen (secondary N) is 1. The minimum atomic E-state index is 0.121. The van der Waals surface area contributed by atoms with Gasteiger partial charge in [-0.1, -0.05) is 6.42 Å². The van der Waals surface area contributed by atoms with Crippen LogP contribution in [0.4, 0.5) is 5.69 Å². The van der Waals surface area contributed by atoms with Crippen LogP contribution in [-0.2, 0) is 4.79 Å². The quantitative estimate of drug-likeness (QED) is 0.902. The molecule has 5 heteroatoms. The number of hydrogen-bond donors (Lipinski definition) is 1. The Hall–Kier alpha value is -2.43. The highest BCUT2D eigenvalue weighted by atomic mass is 16.5. The van der Waals surface area contributed by atoms with E-state index in [1.165, 1.54) is 25.7 Å². The minimum absolute atomic E-state index is 0.121. The molecule has 1 aromatic carbocycles. The van der Waals surface area contributed by atoms with E-state index in [4.69, 9.17) is 4.74 Å². The number of aromatic nitrogens is 2. The zero-order valence-electron chi connectivity index (χ0n) is 13.5.